The van der Waals surface area contributed by atoms with Crippen LogP contribution in [0.2, 0.25) is 5.02 Å². The predicted molar refractivity (Wildman–Crippen MR) is 106 cm³/mol. The lowest BCUT2D eigenvalue weighted by Gasteiger charge is -2.16. The van der Waals surface area contributed by atoms with Crippen molar-refractivity contribution in [1.29, 1.82) is 5.26 Å². The predicted octanol–water partition coefficient (Wildman–Crippen LogP) is 4.53. The molecule has 1 amide bonds. The largest absolute Gasteiger partial charge is 0.493 e. The molecule has 140 valence electrons. The first-order chi connectivity index (χ1) is 13.1. The van der Waals surface area contributed by atoms with Gasteiger partial charge in [-0.3, -0.25) is 4.79 Å². The van der Waals surface area contributed by atoms with Gasteiger partial charge in [0.2, 0.25) is 5.91 Å². The lowest BCUT2D eigenvalue weighted by atomic mass is 10.0. The molecule has 0 spiro atoms. The molecule has 0 saturated heterocycles. The molecule has 0 aliphatic carbocycles. The van der Waals surface area contributed by atoms with E-state index >= 15 is 0 Å². The normalized spacial score (nSPS) is 11.6. The molecule has 27 heavy (non-hydrogen) atoms. The Balaban J connectivity index is 2.04. The number of methoxy groups -OCH3 is 1. The van der Waals surface area contributed by atoms with Crippen LogP contribution in [-0.2, 0) is 4.79 Å². The molecule has 0 fully saturated rings. The van der Waals surface area contributed by atoms with Crippen LogP contribution >= 0.6 is 11.6 Å². The minimum atomic E-state index is -0.194. The number of nitriles is 1. The highest BCUT2D eigenvalue weighted by molar-refractivity contribution is 6.30. The van der Waals surface area contributed by atoms with Crippen molar-refractivity contribution >= 4 is 23.6 Å². The lowest BCUT2D eigenvalue weighted by molar-refractivity contribution is -0.117. The Kier molecular flexibility index (Phi) is 7.72. The van der Waals surface area contributed by atoms with Gasteiger partial charge >= 0.3 is 0 Å². The van der Waals surface area contributed by atoms with Gasteiger partial charge in [-0.1, -0.05) is 36.7 Å². The Bertz CT molecular complexity index is 841. The monoisotopic (exact) mass is 384 g/mol. The van der Waals surface area contributed by atoms with Crippen molar-refractivity contribution in [3.8, 4) is 17.6 Å². The zero-order valence-corrected chi connectivity index (χ0v) is 16.0. The summed E-state index contributed by atoms with van der Waals surface area (Å²) >= 11 is 5.91. The van der Waals surface area contributed by atoms with E-state index in [2.05, 4.69) is 5.32 Å². The van der Waals surface area contributed by atoms with Crippen molar-refractivity contribution in [3.05, 3.63) is 64.7 Å². The fourth-order valence-electron chi connectivity index (χ4n) is 2.53. The summed E-state index contributed by atoms with van der Waals surface area (Å²) in [5.74, 6) is 0.787. The third-order valence-electron chi connectivity index (χ3n) is 3.90. The van der Waals surface area contributed by atoms with Crippen molar-refractivity contribution in [2.24, 2.45) is 0 Å². The lowest BCUT2D eigenvalue weighted by Crippen LogP contribution is -2.26. The first-order valence-electron chi connectivity index (χ1n) is 8.49. The Morgan fingerprint density at radius 2 is 2.00 bits per heavy atom. The number of nitrogens with zero attached hydrogens (tertiary/aromatic N) is 1. The number of carbonyl (C=O) groups is 1. The van der Waals surface area contributed by atoms with Gasteiger partial charge in [0.25, 0.3) is 0 Å². The van der Waals surface area contributed by atoms with Gasteiger partial charge in [-0.2, -0.15) is 5.26 Å². The minimum absolute atomic E-state index is 0.0585. The number of hydrogen-bond donors (Lipinski definition) is 1. The minimum Gasteiger partial charge on any atom is -0.493 e. The number of hydrogen-bond acceptors (Lipinski definition) is 4. The zero-order chi connectivity index (χ0) is 19.6. The van der Waals surface area contributed by atoms with Crippen LogP contribution in [0.3, 0.4) is 0 Å². The molecule has 5 nitrogen and oxygen atoms in total. The third kappa shape index (κ3) is 6.05. The highest BCUT2D eigenvalue weighted by atomic mass is 35.5. The highest BCUT2D eigenvalue weighted by Crippen LogP contribution is 2.28. The number of rotatable bonds is 8. The summed E-state index contributed by atoms with van der Waals surface area (Å²) in [6.07, 6.45) is 3.93. The maximum atomic E-state index is 12.3. The van der Waals surface area contributed by atoms with Crippen LogP contribution < -0.4 is 14.8 Å². The summed E-state index contributed by atoms with van der Waals surface area (Å²) in [6, 6.07) is 14.5. The molecule has 1 N–H and O–H groups in total. The third-order valence-corrected chi connectivity index (χ3v) is 4.16. The second kappa shape index (κ2) is 10.2. The number of halogens is 1. The van der Waals surface area contributed by atoms with Gasteiger partial charge in [0.1, 0.15) is 6.07 Å². The number of carbonyl (C=O) groups excluding carboxylic acids is 1. The molecular weight excluding hydrogens is 364 g/mol. The molecule has 0 saturated carbocycles. The molecule has 2 aromatic rings. The smallest absolute Gasteiger partial charge is 0.244 e. The highest BCUT2D eigenvalue weighted by Gasteiger charge is 2.11. The van der Waals surface area contributed by atoms with E-state index in [4.69, 9.17) is 26.3 Å². The Hall–Kier alpha value is -2.97. The van der Waals surface area contributed by atoms with Crippen LogP contribution in [0, 0.1) is 11.3 Å². The van der Waals surface area contributed by atoms with Gasteiger partial charge in [-0.25, -0.2) is 0 Å². The topological polar surface area (TPSA) is 71.3 Å². The number of nitrogens with one attached hydrogen (secondary N) is 1. The standard InChI is InChI=1S/C21H21ClN2O3/c1-3-18(16-6-8-17(22)9-7-16)24-21(25)11-5-15-4-10-19(27-13-12-23)20(14-15)26-2/h4-11,14,18H,3,13H2,1-2H3,(H,24,25)/b11-5+. The summed E-state index contributed by atoms with van der Waals surface area (Å²) < 4.78 is 10.5. The van der Waals surface area contributed by atoms with E-state index < -0.39 is 0 Å². The molecule has 0 bridgehead atoms. The molecule has 0 aromatic heterocycles. The zero-order valence-electron chi connectivity index (χ0n) is 15.2. The molecule has 0 radical (unpaired) electrons. The summed E-state index contributed by atoms with van der Waals surface area (Å²) in [4.78, 5) is 12.3. The van der Waals surface area contributed by atoms with E-state index in [-0.39, 0.29) is 18.6 Å². The fraction of sp³-hybridized carbons (Fsp3) is 0.238. The second-order valence-electron chi connectivity index (χ2n) is 5.71. The number of benzene rings is 2. The van der Waals surface area contributed by atoms with E-state index in [1.807, 2.05) is 37.3 Å². The molecular formula is C21H21ClN2O3. The summed E-state index contributed by atoms with van der Waals surface area (Å²) in [7, 11) is 1.52. The van der Waals surface area contributed by atoms with E-state index in [1.54, 1.807) is 24.3 Å². The number of amides is 1. The van der Waals surface area contributed by atoms with Crippen molar-refractivity contribution in [3.63, 3.8) is 0 Å². The maximum absolute atomic E-state index is 12.3. The van der Waals surface area contributed by atoms with Crippen LogP contribution in [0.4, 0.5) is 0 Å². The van der Waals surface area contributed by atoms with Crippen LogP contribution in [-0.4, -0.2) is 19.6 Å². The Morgan fingerprint density at radius 1 is 1.26 bits per heavy atom. The van der Waals surface area contributed by atoms with E-state index in [9.17, 15) is 4.79 Å². The average Bonchev–Trinajstić information content (AvgIpc) is 2.69. The molecule has 2 aromatic carbocycles. The van der Waals surface area contributed by atoms with Crippen molar-refractivity contribution in [1.82, 2.24) is 5.32 Å². The molecule has 1 unspecified atom stereocenters. The molecule has 0 heterocycles. The summed E-state index contributed by atoms with van der Waals surface area (Å²) in [5, 5.41) is 12.2. The molecule has 2 rings (SSSR count). The van der Waals surface area contributed by atoms with Gasteiger partial charge in [0.05, 0.1) is 13.2 Å². The second-order valence-corrected chi connectivity index (χ2v) is 6.15. The maximum Gasteiger partial charge on any atom is 0.244 e. The average molecular weight is 385 g/mol. The van der Waals surface area contributed by atoms with Crippen LogP contribution in [0.25, 0.3) is 6.08 Å². The van der Waals surface area contributed by atoms with Gasteiger partial charge < -0.3 is 14.8 Å². The van der Waals surface area contributed by atoms with Gasteiger partial charge in [-0.15, -0.1) is 0 Å². The first kappa shape index (κ1) is 20.3. The molecule has 0 aliphatic heterocycles. The number of ether oxygens (including phenoxy) is 2. The van der Waals surface area contributed by atoms with E-state index in [0.29, 0.717) is 16.5 Å². The molecule has 1 atom stereocenters. The Labute approximate surface area is 164 Å². The van der Waals surface area contributed by atoms with E-state index in [1.165, 1.54) is 13.2 Å². The quantitative estimate of drug-likeness (QED) is 0.678. The van der Waals surface area contributed by atoms with Crippen molar-refractivity contribution < 1.29 is 14.3 Å². The van der Waals surface area contributed by atoms with Crippen molar-refractivity contribution in [2.75, 3.05) is 13.7 Å². The van der Waals surface area contributed by atoms with Crippen LogP contribution in [0.5, 0.6) is 11.5 Å². The Morgan fingerprint density at radius 3 is 2.63 bits per heavy atom. The summed E-state index contributed by atoms with van der Waals surface area (Å²) in [6.45, 7) is 1.95. The van der Waals surface area contributed by atoms with E-state index in [0.717, 1.165) is 17.5 Å². The van der Waals surface area contributed by atoms with Gasteiger partial charge in [-0.05, 0) is 47.9 Å². The van der Waals surface area contributed by atoms with Gasteiger partial charge in [0.15, 0.2) is 18.1 Å². The van der Waals surface area contributed by atoms with Gasteiger partial charge in [0, 0.05) is 11.1 Å². The molecule has 0 aliphatic rings. The summed E-state index contributed by atoms with van der Waals surface area (Å²) in [5.41, 5.74) is 1.79. The van der Waals surface area contributed by atoms with Crippen LogP contribution in [0.1, 0.15) is 30.5 Å². The molecule has 6 heteroatoms. The van der Waals surface area contributed by atoms with Crippen molar-refractivity contribution in [2.45, 2.75) is 19.4 Å². The fourth-order valence-corrected chi connectivity index (χ4v) is 2.65. The van der Waals surface area contributed by atoms with Crippen LogP contribution in [0.15, 0.2) is 48.5 Å². The first-order valence-corrected chi connectivity index (χ1v) is 8.87. The SMILES string of the molecule is CCC(NC(=O)/C=C/c1ccc(OCC#N)c(OC)c1)c1ccc(Cl)cc1.